The molecular weight excluding hydrogens is 1440 g/mol. The van der Waals surface area contributed by atoms with Gasteiger partial charge in [0.15, 0.2) is 0 Å². The second-order valence-electron chi connectivity index (χ2n) is 38.1. The number of nitrogens with zero attached hydrogens (tertiary/aromatic N) is 5. The largest absolute Gasteiger partial charge is 0.372 e. The molecule has 0 amide bonds. The summed E-state index contributed by atoms with van der Waals surface area (Å²) in [5.41, 5.74) is 29.4. The van der Waals surface area contributed by atoms with Crippen molar-refractivity contribution in [2.45, 2.75) is 339 Å². The summed E-state index contributed by atoms with van der Waals surface area (Å²) in [5, 5.41) is 0. The van der Waals surface area contributed by atoms with Crippen molar-refractivity contribution in [2.24, 2.45) is 11.8 Å². The fourth-order valence-corrected chi connectivity index (χ4v) is 16.1. The van der Waals surface area contributed by atoms with Crippen molar-refractivity contribution in [3.05, 3.63) is 309 Å². The van der Waals surface area contributed by atoms with Crippen LogP contribution in [0.3, 0.4) is 0 Å². The van der Waals surface area contributed by atoms with Crippen LogP contribution in [-0.2, 0) is 11.8 Å². The summed E-state index contributed by atoms with van der Waals surface area (Å²) in [5.74, 6) is 5.41. The van der Waals surface area contributed by atoms with Gasteiger partial charge in [-0.25, -0.2) is 0 Å². The Morgan fingerprint density at radius 1 is 0.244 bits per heavy atom. The highest BCUT2D eigenvalue weighted by atomic mass is 15.2. The Balaban J connectivity index is 0.000000294. The molecule has 0 radical (unpaired) electrons. The molecule has 10 rings (SSSR count). The van der Waals surface area contributed by atoms with E-state index in [0.717, 1.165) is 5.92 Å². The van der Waals surface area contributed by atoms with E-state index in [-0.39, 0.29) is 5.41 Å². The number of rotatable bonds is 25. The first-order valence-corrected chi connectivity index (χ1v) is 45.6. The molecule has 5 nitrogen and oxygen atoms in total. The third-order valence-electron chi connectivity index (χ3n) is 23.1. The fourth-order valence-electron chi connectivity index (χ4n) is 16.1. The second-order valence-corrected chi connectivity index (χ2v) is 38.1. The molecule has 648 valence electrons. The highest BCUT2D eigenvalue weighted by Gasteiger charge is 2.29. The van der Waals surface area contributed by atoms with E-state index in [1.165, 1.54) is 124 Å². The minimum Gasteiger partial charge on any atom is -0.372 e. The maximum Gasteiger partial charge on any atom is 0.0472 e. The van der Waals surface area contributed by atoms with E-state index in [2.05, 4.69) is 517 Å². The van der Waals surface area contributed by atoms with Crippen molar-refractivity contribution < 1.29 is 0 Å². The molecule has 10 aromatic rings. The zero-order valence-corrected chi connectivity index (χ0v) is 82.1. The maximum absolute atomic E-state index is 2.50. The lowest BCUT2D eigenvalue weighted by Crippen LogP contribution is -2.37. The highest BCUT2D eigenvalue weighted by Crippen LogP contribution is 2.42. The van der Waals surface area contributed by atoms with Gasteiger partial charge in [-0.1, -0.05) is 333 Å². The molecule has 0 bridgehead atoms. The molecule has 0 saturated heterocycles. The van der Waals surface area contributed by atoms with E-state index in [1.807, 2.05) is 0 Å². The molecular formula is C114H167N5. The SMILES string of the molecule is CC(C)Cc1ccccc1C(C)C.CC(C)c1ccccc1C(C)(C)C(C)C.CC(C)c1ccccc1N(C(C)C)C(C)C.CC(C)c1ccccc1N(C)C(C)C.CC(C)c1ccccc1N(c1ccccc1)C(C)C.Cc1cccc(C)c1N(c1ccccc1C(C)C)C(C)C.Cc1cccc(C)c1N(c1ccccc1C(C)C)C(C)C. The number of aryl methyl sites for hydroxylation is 4. The van der Waals surface area contributed by atoms with Crippen molar-refractivity contribution in [1.82, 2.24) is 0 Å². The average molecular weight is 1610 g/mol. The van der Waals surface area contributed by atoms with Gasteiger partial charge in [0.25, 0.3) is 0 Å². The van der Waals surface area contributed by atoms with E-state index >= 15 is 0 Å². The molecule has 0 heterocycles. The molecule has 0 fully saturated rings. The fraction of sp³-hybridized carbons (Fsp3) is 0.474. The van der Waals surface area contributed by atoms with Gasteiger partial charge in [-0.15, -0.1) is 0 Å². The summed E-state index contributed by atoms with van der Waals surface area (Å²) in [6, 6.07) is 88.0. The third-order valence-corrected chi connectivity index (χ3v) is 23.1. The quantitative estimate of drug-likeness (QED) is 0.0565. The van der Waals surface area contributed by atoms with Gasteiger partial charge in [-0.3, -0.25) is 0 Å². The first kappa shape index (κ1) is 103. The molecule has 5 heteroatoms. The molecule has 10 aromatic carbocycles. The van der Waals surface area contributed by atoms with Gasteiger partial charge in [0, 0.05) is 88.8 Å². The lowest BCUT2D eigenvalue weighted by molar-refractivity contribution is 0.368. The number of hydrogen-bond acceptors (Lipinski definition) is 5. The molecule has 0 aliphatic carbocycles. The van der Waals surface area contributed by atoms with Gasteiger partial charge in [0.2, 0.25) is 0 Å². The Morgan fingerprint density at radius 3 is 0.824 bits per heavy atom. The van der Waals surface area contributed by atoms with Gasteiger partial charge in [0.1, 0.15) is 0 Å². The third kappa shape index (κ3) is 30.1. The summed E-state index contributed by atoms with van der Waals surface area (Å²) in [6.45, 7) is 81.3. The predicted molar refractivity (Wildman–Crippen MR) is 537 cm³/mol. The summed E-state index contributed by atoms with van der Waals surface area (Å²) < 4.78 is 0. The topological polar surface area (TPSA) is 16.2 Å². The van der Waals surface area contributed by atoms with Crippen molar-refractivity contribution in [1.29, 1.82) is 0 Å². The van der Waals surface area contributed by atoms with Crippen LogP contribution in [0.2, 0.25) is 0 Å². The number of benzene rings is 10. The molecule has 0 aromatic heterocycles. The van der Waals surface area contributed by atoms with Gasteiger partial charge in [0.05, 0.1) is 0 Å². The lowest BCUT2D eigenvalue weighted by atomic mass is 9.72. The Kier molecular flexibility index (Phi) is 42.9. The van der Waals surface area contributed by atoms with Crippen molar-refractivity contribution in [2.75, 3.05) is 31.5 Å². The molecule has 0 aliphatic rings. The maximum atomic E-state index is 2.50. The van der Waals surface area contributed by atoms with Crippen molar-refractivity contribution >= 4 is 45.5 Å². The normalized spacial score (nSPS) is 11.4. The molecule has 0 N–H and O–H groups in total. The molecule has 0 atom stereocenters. The van der Waals surface area contributed by atoms with Gasteiger partial charge in [-0.2, -0.15) is 0 Å². The van der Waals surface area contributed by atoms with Gasteiger partial charge < -0.3 is 24.5 Å². The molecule has 0 spiro atoms. The van der Waals surface area contributed by atoms with Gasteiger partial charge in [-0.05, 0) is 291 Å². The minimum atomic E-state index is 0.265. The van der Waals surface area contributed by atoms with Crippen LogP contribution in [0.25, 0.3) is 0 Å². The van der Waals surface area contributed by atoms with Crippen LogP contribution in [0.15, 0.2) is 237 Å². The van der Waals surface area contributed by atoms with E-state index < -0.39 is 0 Å². The Labute approximate surface area is 731 Å². The van der Waals surface area contributed by atoms with Crippen LogP contribution in [0, 0.1) is 39.5 Å². The van der Waals surface area contributed by atoms with Crippen molar-refractivity contribution in [3.8, 4) is 0 Å². The zero-order chi connectivity index (χ0) is 89.5. The number of hydrogen-bond donors (Lipinski definition) is 0. The second kappa shape index (κ2) is 49.8. The van der Waals surface area contributed by atoms with Crippen molar-refractivity contribution in [3.63, 3.8) is 0 Å². The molecule has 119 heavy (non-hydrogen) atoms. The highest BCUT2D eigenvalue weighted by molar-refractivity contribution is 5.75. The van der Waals surface area contributed by atoms with Crippen LogP contribution >= 0.6 is 0 Å². The molecule has 0 saturated carbocycles. The lowest BCUT2D eigenvalue weighted by Gasteiger charge is -2.35. The Bertz CT molecular complexity index is 4360. The summed E-state index contributed by atoms with van der Waals surface area (Å²) >= 11 is 0. The predicted octanol–water partition coefficient (Wildman–Crippen LogP) is 34.1. The average Bonchev–Trinajstić information content (AvgIpc) is 0.796. The Hall–Kier alpha value is -8.80. The van der Waals surface area contributed by atoms with E-state index in [1.54, 1.807) is 0 Å². The van der Waals surface area contributed by atoms with Gasteiger partial charge >= 0.3 is 0 Å². The summed E-state index contributed by atoms with van der Waals surface area (Å²) in [6.07, 6.45) is 1.20. The smallest absolute Gasteiger partial charge is 0.0472 e. The first-order valence-electron chi connectivity index (χ1n) is 45.6. The van der Waals surface area contributed by atoms with E-state index in [0.29, 0.717) is 83.6 Å². The minimum absolute atomic E-state index is 0.265. The van der Waals surface area contributed by atoms with E-state index in [9.17, 15) is 0 Å². The summed E-state index contributed by atoms with van der Waals surface area (Å²) in [4.78, 5) is 12.2. The van der Waals surface area contributed by atoms with Crippen LogP contribution in [-0.4, -0.2) is 43.3 Å². The zero-order valence-electron chi connectivity index (χ0n) is 82.1. The standard InChI is InChI=1S/2C20H27N.C18H23N.C15H25N.C15H24.C13H21N.C13H20/c2*1-14(2)18-12-7-8-13-19(18)21(15(3)4)20-16(5)10-9-11-17(20)6;1-14(2)17-12-8-9-13-18(17)19(15(3)4)16-10-6-5-7-11-16;1-11(2)14-9-7-8-10-15(14)16(12(3)4)13(5)6;1-11(2)13-9-7-8-10-14(13)15(5,6)12(3)4;1-10(2)12-8-6-7-9-13(12)14(5)11(3)4;1-10(2)9-12-7-5-6-8-13(12)11(3)4/h2*7-15H,1-6H3;5-15H,1-4H3;7-13H,1-6H3;7-12H,1-6H3;6-11H,1-5H3;5-8,10-11H,9H2,1-4H3. The Morgan fingerprint density at radius 2 is 0.513 bits per heavy atom. The van der Waals surface area contributed by atoms with Crippen LogP contribution < -0.4 is 24.5 Å². The number of anilines is 8. The van der Waals surface area contributed by atoms with E-state index in [4.69, 9.17) is 0 Å². The van der Waals surface area contributed by atoms with Crippen LogP contribution in [0.5, 0.6) is 0 Å². The van der Waals surface area contributed by atoms with Crippen LogP contribution in [0.4, 0.5) is 45.5 Å². The van der Waals surface area contributed by atoms with Crippen LogP contribution in [0.1, 0.15) is 335 Å². The summed E-state index contributed by atoms with van der Waals surface area (Å²) in [7, 11) is 2.16. The molecule has 0 unspecified atom stereocenters. The monoisotopic (exact) mass is 1610 g/mol. The number of para-hydroxylation sites is 8. The first-order chi connectivity index (χ1) is 55.9. The molecule has 0 aliphatic heterocycles.